The lowest BCUT2D eigenvalue weighted by molar-refractivity contribution is 0.532. The van der Waals surface area contributed by atoms with E-state index in [2.05, 4.69) is 21.9 Å². The molecule has 15 heavy (non-hydrogen) atoms. The molecule has 1 unspecified atom stereocenters. The Bertz CT molecular complexity index is 316. The molecule has 0 bridgehead atoms. The summed E-state index contributed by atoms with van der Waals surface area (Å²) >= 11 is 0. The molecule has 0 saturated heterocycles. The van der Waals surface area contributed by atoms with E-state index in [9.17, 15) is 0 Å². The van der Waals surface area contributed by atoms with E-state index in [0.717, 1.165) is 24.2 Å². The zero-order valence-corrected chi connectivity index (χ0v) is 9.75. The van der Waals surface area contributed by atoms with Crippen LogP contribution in [0.25, 0.3) is 0 Å². The van der Waals surface area contributed by atoms with Gasteiger partial charge in [-0.25, -0.2) is 0 Å². The van der Waals surface area contributed by atoms with Gasteiger partial charge in [-0.15, -0.1) is 6.58 Å². The topological polar surface area (TPSA) is 37.8 Å². The fourth-order valence-electron chi connectivity index (χ4n) is 1.41. The molecule has 0 spiro atoms. The van der Waals surface area contributed by atoms with Crippen LogP contribution in [0.4, 0.5) is 0 Å². The molecule has 3 nitrogen and oxygen atoms in total. The van der Waals surface area contributed by atoms with Crippen LogP contribution in [0.15, 0.2) is 24.5 Å². The molecule has 1 aromatic heterocycles. The normalized spacial score (nSPS) is 12.5. The van der Waals surface area contributed by atoms with Gasteiger partial charge in [-0.05, 0) is 33.7 Å². The van der Waals surface area contributed by atoms with Gasteiger partial charge in [0.05, 0.1) is 23.6 Å². The fourth-order valence-corrected chi connectivity index (χ4v) is 1.41. The second-order valence-electron chi connectivity index (χ2n) is 3.92. The molecule has 0 radical (unpaired) electrons. The minimum absolute atomic E-state index is 0.273. The number of nitrogens with zero attached hydrogens (tertiary/aromatic N) is 2. The summed E-state index contributed by atoms with van der Waals surface area (Å²) < 4.78 is 0. The molecule has 3 heteroatoms. The zero-order chi connectivity index (χ0) is 11.3. The van der Waals surface area contributed by atoms with Crippen LogP contribution in [0.3, 0.4) is 0 Å². The number of hydrogen-bond donors (Lipinski definition) is 1. The third-order valence-electron chi connectivity index (χ3n) is 2.37. The monoisotopic (exact) mass is 205 g/mol. The van der Waals surface area contributed by atoms with Gasteiger partial charge in [0, 0.05) is 6.20 Å². The van der Waals surface area contributed by atoms with E-state index >= 15 is 0 Å². The molecule has 0 aliphatic rings. The quantitative estimate of drug-likeness (QED) is 0.750. The van der Waals surface area contributed by atoms with Crippen LogP contribution in [0, 0.1) is 6.92 Å². The van der Waals surface area contributed by atoms with Gasteiger partial charge in [0.1, 0.15) is 0 Å². The first-order valence-electron chi connectivity index (χ1n) is 5.23. The van der Waals surface area contributed by atoms with E-state index in [1.807, 2.05) is 27.1 Å². The summed E-state index contributed by atoms with van der Waals surface area (Å²) in [6, 6.07) is 0.273. The molecule has 1 rings (SSSR count). The summed E-state index contributed by atoms with van der Waals surface area (Å²) in [4.78, 5) is 8.62. The van der Waals surface area contributed by atoms with Crippen molar-refractivity contribution >= 4 is 0 Å². The van der Waals surface area contributed by atoms with E-state index in [4.69, 9.17) is 0 Å². The van der Waals surface area contributed by atoms with Crippen LogP contribution in [-0.2, 0) is 0 Å². The van der Waals surface area contributed by atoms with Crippen molar-refractivity contribution in [2.24, 2.45) is 0 Å². The number of allylic oxidation sites excluding steroid dienone is 1. The van der Waals surface area contributed by atoms with Crippen LogP contribution < -0.4 is 5.32 Å². The lowest BCUT2D eigenvalue weighted by Crippen LogP contribution is -2.18. The van der Waals surface area contributed by atoms with Crippen molar-refractivity contribution in [1.82, 2.24) is 15.3 Å². The van der Waals surface area contributed by atoms with Gasteiger partial charge in [0.25, 0.3) is 0 Å². The van der Waals surface area contributed by atoms with Crippen LogP contribution in [-0.4, -0.2) is 17.0 Å². The average molecular weight is 205 g/mol. The summed E-state index contributed by atoms with van der Waals surface area (Å²) in [7, 11) is 1.95. The molecule has 0 aromatic carbocycles. The first-order valence-corrected chi connectivity index (χ1v) is 5.23. The molecular formula is C12H19N3. The molecule has 0 amide bonds. The maximum atomic E-state index is 4.37. The molecule has 0 fully saturated rings. The Morgan fingerprint density at radius 1 is 1.47 bits per heavy atom. The Morgan fingerprint density at radius 2 is 2.20 bits per heavy atom. The number of aryl methyl sites for hydroxylation is 1. The molecule has 0 aliphatic carbocycles. The molecule has 82 valence electrons. The summed E-state index contributed by atoms with van der Waals surface area (Å²) in [6.45, 7) is 7.90. The first-order chi connectivity index (χ1) is 7.13. The largest absolute Gasteiger partial charge is 0.312 e. The van der Waals surface area contributed by atoms with Crippen molar-refractivity contribution in [1.29, 1.82) is 0 Å². The Kier molecular flexibility index (Phi) is 4.43. The second kappa shape index (κ2) is 5.61. The molecule has 0 saturated carbocycles. The van der Waals surface area contributed by atoms with E-state index in [1.165, 1.54) is 5.57 Å². The fraction of sp³-hybridized carbons (Fsp3) is 0.500. The molecule has 1 heterocycles. The minimum Gasteiger partial charge on any atom is -0.312 e. The minimum atomic E-state index is 0.273. The highest BCUT2D eigenvalue weighted by Crippen LogP contribution is 2.17. The predicted octanol–water partition coefficient (Wildman–Crippen LogP) is 2.40. The van der Waals surface area contributed by atoms with Crippen LogP contribution in [0.2, 0.25) is 0 Å². The van der Waals surface area contributed by atoms with Gasteiger partial charge in [0.2, 0.25) is 0 Å². The second-order valence-corrected chi connectivity index (χ2v) is 3.92. The number of aromatic nitrogens is 2. The third-order valence-corrected chi connectivity index (χ3v) is 2.37. The molecule has 1 aromatic rings. The Hall–Kier alpha value is -1.22. The summed E-state index contributed by atoms with van der Waals surface area (Å²) in [5.74, 6) is 0. The van der Waals surface area contributed by atoms with Gasteiger partial charge in [0.15, 0.2) is 0 Å². The number of rotatable bonds is 5. The molecule has 1 atom stereocenters. The van der Waals surface area contributed by atoms with Gasteiger partial charge in [-0.3, -0.25) is 9.97 Å². The van der Waals surface area contributed by atoms with E-state index in [0.29, 0.717) is 0 Å². The lowest BCUT2D eigenvalue weighted by atomic mass is 10.1. The van der Waals surface area contributed by atoms with Crippen molar-refractivity contribution in [2.75, 3.05) is 7.05 Å². The van der Waals surface area contributed by atoms with Gasteiger partial charge < -0.3 is 5.32 Å². The van der Waals surface area contributed by atoms with E-state index < -0.39 is 0 Å². The SMILES string of the molecule is C=C(C)CCC(NC)c1cnc(C)cn1. The smallest absolute Gasteiger partial charge is 0.0756 e. The zero-order valence-electron chi connectivity index (χ0n) is 9.75. The van der Waals surface area contributed by atoms with E-state index in [-0.39, 0.29) is 6.04 Å². The lowest BCUT2D eigenvalue weighted by Gasteiger charge is -2.15. The van der Waals surface area contributed by atoms with Crippen molar-refractivity contribution in [3.05, 3.63) is 35.9 Å². The highest BCUT2D eigenvalue weighted by atomic mass is 14.9. The van der Waals surface area contributed by atoms with Crippen molar-refractivity contribution in [2.45, 2.75) is 32.7 Å². The summed E-state index contributed by atoms with van der Waals surface area (Å²) in [6.07, 6.45) is 5.68. The van der Waals surface area contributed by atoms with E-state index in [1.54, 1.807) is 6.20 Å². The first kappa shape index (κ1) is 11.9. The molecular weight excluding hydrogens is 186 g/mol. The van der Waals surface area contributed by atoms with Crippen molar-refractivity contribution < 1.29 is 0 Å². The van der Waals surface area contributed by atoms with Gasteiger partial charge in [-0.1, -0.05) is 5.57 Å². The maximum absolute atomic E-state index is 4.37. The highest BCUT2D eigenvalue weighted by Gasteiger charge is 2.10. The Morgan fingerprint density at radius 3 is 2.67 bits per heavy atom. The van der Waals surface area contributed by atoms with Crippen LogP contribution in [0.1, 0.15) is 37.2 Å². The van der Waals surface area contributed by atoms with Gasteiger partial charge >= 0.3 is 0 Å². The number of nitrogens with one attached hydrogen (secondary N) is 1. The molecule has 0 aliphatic heterocycles. The predicted molar refractivity (Wildman–Crippen MR) is 62.6 cm³/mol. The van der Waals surface area contributed by atoms with Crippen LogP contribution in [0.5, 0.6) is 0 Å². The van der Waals surface area contributed by atoms with Crippen molar-refractivity contribution in [3.63, 3.8) is 0 Å². The Labute approximate surface area is 91.7 Å². The summed E-state index contributed by atoms with van der Waals surface area (Å²) in [5.41, 5.74) is 3.16. The van der Waals surface area contributed by atoms with Gasteiger partial charge in [-0.2, -0.15) is 0 Å². The number of hydrogen-bond acceptors (Lipinski definition) is 3. The summed E-state index contributed by atoms with van der Waals surface area (Å²) in [5, 5.41) is 3.25. The highest BCUT2D eigenvalue weighted by molar-refractivity contribution is 5.06. The van der Waals surface area contributed by atoms with Crippen LogP contribution >= 0.6 is 0 Å². The average Bonchev–Trinajstić information content (AvgIpc) is 2.21. The van der Waals surface area contributed by atoms with Crippen molar-refractivity contribution in [3.8, 4) is 0 Å². The maximum Gasteiger partial charge on any atom is 0.0756 e. The standard InChI is InChI=1S/C12H19N3/c1-9(2)5-6-11(13-4)12-8-14-10(3)7-15-12/h7-8,11,13H,1,5-6H2,2-4H3. The third kappa shape index (κ3) is 3.80. The Balaban J connectivity index is 2.65. The molecule has 1 N–H and O–H groups in total.